The van der Waals surface area contributed by atoms with Gasteiger partial charge in [0.2, 0.25) is 0 Å². The molecular formula is C31H27ClF4N8. The normalized spacial score (nSPS) is 15.2. The molecule has 6 rings (SSSR count). The Balaban J connectivity index is 1.50. The zero-order valence-electron chi connectivity index (χ0n) is 24.0. The van der Waals surface area contributed by atoms with Crippen LogP contribution in [0.3, 0.4) is 0 Å². The van der Waals surface area contributed by atoms with Crippen molar-refractivity contribution in [2.45, 2.75) is 51.4 Å². The number of rotatable bonds is 7. The van der Waals surface area contributed by atoms with Crippen molar-refractivity contribution in [2.75, 3.05) is 17.2 Å². The van der Waals surface area contributed by atoms with Crippen LogP contribution in [0.2, 0.25) is 5.02 Å². The van der Waals surface area contributed by atoms with Crippen molar-refractivity contribution in [1.82, 2.24) is 25.0 Å². The van der Waals surface area contributed by atoms with Gasteiger partial charge in [0.25, 0.3) is 0 Å². The fourth-order valence-corrected chi connectivity index (χ4v) is 5.51. The molecule has 0 amide bonds. The van der Waals surface area contributed by atoms with Crippen LogP contribution in [0.4, 0.5) is 28.9 Å². The number of pyridine rings is 2. The van der Waals surface area contributed by atoms with Gasteiger partial charge in [0.15, 0.2) is 5.54 Å². The molecule has 226 valence electrons. The third-order valence-electron chi connectivity index (χ3n) is 7.71. The van der Waals surface area contributed by atoms with Crippen LogP contribution >= 0.6 is 11.6 Å². The van der Waals surface area contributed by atoms with E-state index < -0.39 is 23.6 Å². The Hall–Kier alpha value is -4.50. The van der Waals surface area contributed by atoms with Gasteiger partial charge in [0.1, 0.15) is 23.1 Å². The molecule has 1 fully saturated rings. The molecule has 0 saturated heterocycles. The van der Waals surface area contributed by atoms with Crippen molar-refractivity contribution >= 4 is 44.8 Å². The van der Waals surface area contributed by atoms with Crippen LogP contribution < -0.4 is 10.6 Å². The number of hydrogen-bond donors (Lipinski definition) is 2. The highest BCUT2D eigenvalue weighted by Gasteiger charge is 2.66. The SMILES string of the molecule is CC(C)(C)CNc1c(C#N)cnc2c(Cl)cc(N[C@H](c3cn(C4(C(F)(F)F)CC4)nn3)c3ccc(F)c4ncccc34)cc12. The van der Waals surface area contributed by atoms with Gasteiger partial charge >= 0.3 is 6.18 Å². The Morgan fingerprint density at radius 1 is 1.09 bits per heavy atom. The highest BCUT2D eigenvalue weighted by molar-refractivity contribution is 6.35. The van der Waals surface area contributed by atoms with E-state index in [9.17, 15) is 22.8 Å². The van der Waals surface area contributed by atoms with E-state index in [0.29, 0.717) is 45.3 Å². The molecule has 1 saturated carbocycles. The second-order valence-electron chi connectivity index (χ2n) is 12.2. The van der Waals surface area contributed by atoms with E-state index in [0.717, 1.165) is 4.68 Å². The average Bonchev–Trinajstić information content (AvgIpc) is 3.66. The molecule has 1 aliphatic carbocycles. The minimum absolute atomic E-state index is 0.0976. The summed E-state index contributed by atoms with van der Waals surface area (Å²) in [5.74, 6) is -0.542. The Bertz CT molecular complexity index is 1940. The number of nitrogens with one attached hydrogen (secondary N) is 2. The van der Waals surface area contributed by atoms with E-state index in [2.05, 4.69) is 57.8 Å². The third kappa shape index (κ3) is 5.26. The standard InChI is InChI=1S/C31H27ClF4N8/c1-29(2,3)16-40-25-17(13-37)14-39-26-21(25)11-18(12-22(26)32)41-28(20-6-7-23(33)27-19(20)5-4-10-38-27)24-15-44(43-42-24)30(8-9-30)31(34,35)36/h4-7,10-12,14-15,28,41H,8-9,16H2,1-3H3,(H,39,40)/t28-/m0/s1. The van der Waals surface area contributed by atoms with Gasteiger partial charge in [-0.25, -0.2) is 9.07 Å². The predicted octanol–water partition coefficient (Wildman–Crippen LogP) is 7.75. The van der Waals surface area contributed by atoms with Crippen LogP contribution in [0, 0.1) is 22.6 Å². The molecule has 0 spiro atoms. The number of nitriles is 1. The fraction of sp³-hybridized carbons (Fsp3) is 0.323. The van der Waals surface area contributed by atoms with E-state index in [-0.39, 0.29) is 34.5 Å². The number of aromatic nitrogens is 5. The maximum Gasteiger partial charge on any atom is 0.413 e. The Morgan fingerprint density at radius 2 is 1.86 bits per heavy atom. The zero-order chi connectivity index (χ0) is 31.4. The van der Waals surface area contributed by atoms with Crippen LogP contribution in [-0.4, -0.2) is 37.7 Å². The minimum Gasteiger partial charge on any atom is -0.383 e. The summed E-state index contributed by atoms with van der Waals surface area (Å²) in [5.41, 5.74) is 0.410. The van der Waals surface area contributed by atoms with Gasteiger partial charge in [0.05, 0.1) is 34.0 Å². The lowest BCUT2D eigenvalue weighted by atomic mass is 9.96. The highest BCUT2D eigenvalue weighted by atomic mass is 35.5. The Kier molecular flexibility index (Phi) is 7.12. The molecule has 1 atom stereocenters. The molecule has 8 nitrogen and oxygen atoms in total. The quantitative estimate of drug-likeness (QED) is 0.179. The summed E-state index contributed by atoms with van der Waals surface area (Å²) < 4.78 is 57.4. The van der Waals surface area contributed by atoms with Gasteiger partial charge in [0, 0.05) is 35.4 Å². The van der Waals surface area contributed by atoms with E-state index in [4.69, 9.17) is 11.6 Å². The molecule has 2 N–H and O–H groups in total. The number of alkyl halides is 3. The van der Waals surface area contributed by atoms with Crippen LogP contribution in [0.5, 0.6) is 0 Å². The first-order valence-corrected chi connectivity index (χ1v) is 14.2. The van der Waals surface area contributed by atoms with Gasteiger partial charge < -0.3 is 10.6 Å². The molecule has 0 unspecified atom stereocenters. The summed E-state index contributed by atoms with van der Waals surface area (Å²) in [6.07, 6.45) is -0.499. The molecular weight excluding hydrogens is 596 g/mol. The Morgan fingerprint density at radius 3 is 2.55 bits per heavy atom. The van der Waals surface area contributed by atoms with Crippen molar-refractivity contribution in [3.8, 4) is 6.07 Å². The first-order valence-electron chi connectivity index (χ1n) is 13.9. The number of anilines is 2. The number of hydrogen-bond acceptors (Lipinski definition) is 7. The topological polar surface area (TPSA) is 104 Å². The van der Waals surface area contributed by atoms with Gasteiger partial charge in [-0.1, -0.05) is 49.7 Å². The summed E-state index contributed by atoms with van der Waals surface area (Å²) in [6.45, 7) is 6.72. The van der Waals surface area contributed by atoms with Crippen LogP contribution in [-0.2, 0) is 5.54 Å². The van der Waals surface area contributed by atoms with E-state index in [1.54, 1.807) is 30.3 Å². The molecule has 0 radical (unpaired) electrons. The summed E-state index contributed by atoms with van der Waals surface area (Å²) in [5, 5.41) is 25.9. The predicted molar refractivity (Wildman–Crippen MR) is 160 cm³/mol. The van der Waals surface area contributed by atoms with Crippen molar-refractivity contribution in [3.63, 3.8) is 0 Å². The van der Waals surface area contributed by atoms with Crippen LogP contribution in [0.25, 0.3) is 21.8 Å². The number of benzene rings is 2. The Labute approximate surface area is 255 Å². The van der Waals surface area contributed by atoms with E-state index in [1.807, 2.05) is 0 Å². The third-order valence-corrected chi connectivity index (χ3v) is 8.00. The van der Waals surface area contributed by atoms with Crippen molar-refractivity contribution < 1.29 is 17.6 Å². The lowest BCUT2D eigenvalue weighted by Gasteiger charge is -2.23. The maximum atomic E-state index is 14.8. The first-order chi connectivity index (χ1) is 20.8. The molecule has 3 heterocycles. The summed E-state index contributed by atoms with van der Waals surface area (Å²) >= 11 is 6.70. The molecule has 0 bridgehead atoms. The van der Waals surface area contributed by atoms with Crippen molar-refractivity contribution in [2.24, 2.45) is 5.41 Å². The molecule has 3 aromatic heterocycles. The minimum atomic E-state index is -4.50. The van der Waals surface area contributed by atoms with Gasteiger partial charge in [-0.3, -0.25) is 9.97 Å². The summed E-state index contributed by atoms with van der Waals surface area (Å²) in [6, 6.07) is 10.8. The van der Waals surface area contributed by atoms with Crippen LogP contribution in [0.1, 0.15) is 56.5 Å². The highest BCUT2D eigenvalue weighted by Crippen LogP contribution is 2.55. The molecule has 44 heavy (non-hydrogen) atoms. The second-order valence-corrected chi connectivity index (χ2v) is 12.6. The van der Waals surface area contributed by atoms with Gasteiger partial charge in [-0.05, 0) is 48.1 Å². The zero-order valence-corrected chi connectivity index (χ0v) is 24.7. The maximum absolute atomic E-state index is 14.8. The summed E-state index contributed by atoms with van der Waals surface area (Å²) in [4.78, 5) is 8.58. The molecule has 0 aliphatic heterocycles. The summed E-state index contributed by atoms with van der Waals surface area (Å²) in [7, 11) is 0. The number of fused-ring (bicyclic) bond motifs is 2. The number of halogens is 5. The fourth-order valence-electron chi connectivity index (χ4n) is 5.24. The van der Waals surface area contributed by atoms with Crippen molar-refractivity contribution in [1.29, 1.82) is 5.26 Å². The average molecular weight is 623 g/mol. The lowest BCUT2D eigenvalue weighted by molar-refractivity contribution is -0.182. The van der Waals surface area contributed by atoms with Gasteiger partial charge in [-0.2, -0.15) is 18.4 Å². The smallest absolute Gasteiger partial charge is 0.383 e. The second kappa shape index (κ2) is 10.6. The molecule has 1 aliphatic rings. The lowest BCUT2D eigenvalue weighted by Crippen LogP contribution is -2.35. The first kappa shape index (κ1) is 29.6. The molecule has 5 aromatic rings. The molecule has 2 aromatic carbocycles. The monoisotopic (exact) mass is 622 g/mol. The molecule has 13 heteroatoms. The van der Waals surface area contributed by atoms with Crippen molar-refractivity contribution in [3.05, 3.63) is 82.6 Å². The van der Waals surface area contributed by atoms with E-state index >= 15 is 0 Å². The largest absolute Gasteiger partial charge is 0.413 e. The number of nitrogens with zero attached hydrogens (tertiary/aromatic N) is 6. The van der Waals surface area contributed by atoms with Gasteiger partial charge in [-0.15, -0.1) is 5.10 Å². The van der Waals surface area contributed by atoms with Crippen LogP contribution in [0.15, 0.2) is 55.0 Å². The van der Waals surface area contributed by atoms with E-state index in [1.165, 1.54) is 24.7 Å².